The van der Waals surface area contributed by atoms with Gasteiger partial charge in [-0.25, -0.2) is 0 Å². The number of rotatable bonds is 9. The summed E-state index contributed by atoms with van der Waals surface area (Å²) in [6.07, 6.45) is 3.53. The van der Waals surface area contributed by atoms with E-state index in [2.05, 4.69) is 55.2 Å². The lowest BCUT2D eigenvalue weighted by Gasteiger charge is -2.26. The molecule has 2 fully saturated rings. The molecule has 1 unspecified atom stereocenters. The molecule has 37 heavy (non-hydrogen) atoms. The predicted molar refractivity (Wildman–Crippen MR) is 148 cm³/mol. The van der Waals surface area contributed by atoms with Gasteiger partial charge in [-0.1, -0.05) is 25.4 Å². The second kappa shape index (κ2) is 9.87. The summed E-state index contributed by atoms with van der Waals surface area (Å²) in [5.74, 6) is 3.32. The van der Waals surface area contributed by atoms with Gasteiger partial charge in [0.1, 0.15) is 17.4 Å². The van der Waals surface area contributed by atoms with E-state index in [-0.39, 0.29) is 6.01 Å². The van der Waals surface area contributed by atoms with Gasteiger partial charge in [-0.15, -0.1) is 0 Å². The van der Waals surface area contributed by atoms with Crippen LogP contribution in [0.3, 0.4) is 0 Å². The molecule has 9 nitrogen and oxygen atoms in total. The highest BCUT2D eigenvalue weighted by Gasteiger charge is 2.28. The van der Waals surface area contributed by atoms with Gasteiger partial charge in [-0.05, 0) is 57.5 Å². The Kier molecular flexibility index (Phi) is 6.42. The first-order chi connectivity index (χ1) is 18.0. The first-order valence-electron chi connectivity index (χ1n) is 13.2. The van der Waals surface area contributed by atoms with E-state index in [0.29, 0.717) is 28.5 Å². The molecular weight excluding hydrogens is 488 g/mol. The number of fused-ring (bicyclic) bond motifs is 1. The number of halogens is 1. The number of aromatic nitrogens is 5. The van der Waals surface area contributed by atoms with Crippen LogP contribution >= 0.6 is 11.6 Å². The van der Waals surface area contributed by atoms with Gasteiger partial charge in [0.05, 0.1) is 5.02 Å². The zero-order valence-corrected chi connectivity index (χ0v) is 22.3. The summed E-state index contributed by atoms with van der Waals surface area (Å²) in [7, 11) is 0. The molecule has 1 aliphatic heterocycles. The number of hydrogen-bond acceptors (Lipinski definition) is 7. The van der Waals surface area contributed by atoms with Gasteiger partial charge in [0.15, 0.2) is 5.82 Å². The first kappa shape index (κ1) is 24.1. The van der Waals surface area contributed by atoms with Crippen LogP contribution < -0.4 is 15.0 Å². The van der Waals surface area contributed by atoms with E-state index in [0.717, 1.165) is 66.5 Å². The molecule has 0 bridgehead atoms. The highest BCUT2D eigenvalue weighted by molar-refractivity contribution is 6.37. The molecule has 10 heteroatoms. The van der Waals surface area contributed by atoms with Crippen LogP contribution in [0, 0.1) is 6.92 Å². The summed E-state index contributed by atoms with van der Waals surface area (Å²) < 4.78 is 6.20. The maximum Gasteiger partial charge on any atom is 0.325 e. The molecule has 3 aromatic heterocycles. The smallest absolute Gasteiger partial charge is 0.325 e. The lowest BCUT2D eigenvalue weighted by Crippen LogP contribution is -2.37. The summed E-state index contributed by atoms with van der Waals surface area (Å²) in [6.45, 7) is 10.4. The Hall–Kier alpha value is -3.30. The van der Waals surface area contributed by atoms with Crippen LogP contribution in [-0.4, -0.2) is 62.3 Å². The van der Waals surface area contributed by atoms with Crippen molar-refractivity contribution < 1.29 is 4.74 Å². The number of hydrogen-bond donors (Lipinski definition) is 3. The SMILES string of the molecule is CCN(CC)C1CCN(c2cc(Nc3cc(C4CC4)[nH]n3)nc(Oc3ccc4[nH]c(C)cc4c3Cl)n2)C1. The maximum atomic E-state index is 6.72. The number of nitrogens with one attached hydrogen (secondary N) is 3. The lowest BCUT2D eigenvalue weighted by molar-refractivity contribution is 0.232. The van der Waals surface area contributed by atoms with Crippen LogP contribution in [0.1, 0.15) is 50.4 Å². The van der Waals surface area contributed by atoms with Crippen LogP contribution in [-0.2, 0) is 0 Å². The van der Waals surface area contributed by atoms with Gasteiger partial charge in [-0.3, -0.25) is 10.00 Å². The van der Waals surface area contributed by atoms with E-state index in [1.165, 1.54) is 12.8 Å². The monoisotopic (exact) mass is 520 g/mol. The summed E-state index contributed by atoms with van der Waals surface area (Å²) in [5.41, 5.74) is 3.17. The third-order valence-corrected chi connectivity index (χ3v) is 7.81. The second-order valence-corrected chi connectivity index (χ2v) is 10.4. The van der Waals surface area contributed by atoms with E-state index in [1.807, 2.05) is 31.2 Å². The molecule has 2 aliphatic rings. The molecule has 0 amide bonds. The third-order valence-electron chi connectivity index (χ3n) is 7.42. The molecule has 0 radical (unpaired) electrons. The molecular formula is C27H33ClN8O. The summed E-state index contributed by atoms with van der Waals surface area (Å²) in [4.78, 5) is 17.6. The van der Waals surface area contributed by atoms with Crippen molar-refractivity contribution in [2.45, 2.75) is 52.0 Å². The molecule has 1 saturated heterocycles. The van der Waals surface area contributed by atoms with Gasteiger partial charge in [-0.2, -0.15) is 15.1 Å². The maximum absolute atomic E-state index is 6.72. The number of H-pyrrole nitrogens is 2. The number of aromatic amines is 2. The third kappa shape index (κ3) is 4.98. The van der Waals surface area contributed by atoms with Crippen LogP contribution in [0.4, 0.5) is 17.5 Å². The fraction of sp³-hybridized carbons (Fsp3) is 0.444. The Labute approximate surface area is 221 Å². The fourth-order valence-electron chi connectivity index (χ4n) is 5.27. The first-order valence-corrected chi connectivity index (χ1v) is 13.5. The number of likely N-dealkylation sites (N-methyl/N-ethyl adjacent to an activating group) is 1. The van der Waals surface area contributed by atoms with Gasteiger partial charge >= 0.3 is 6.01 Å². The standard InChI is InChI=1S/C27H33ClN8O/c1-4-35(5-2)18-10-11-36(15-18)25-14-23(30-24-13-21(33-34-24)17-6-7-17)31-27(32-25)37-22-9-8-20-19(26(22)28)12-16(3)29-20/h8-9,12-14,17-18,29H,4-7,10-11,15H2,1-3H3,(H2,30,31,32,33,34). The molecule has 194 valence electrons. The van der Waals surface area contributed by atoms with Gasteiger partial charge in [0.25, 0.3) is 0 Å². The Bertz CT molecular complexity index is 1410. The number of nitrogens with zero attached hydrogens (tertiary/aromatic N) is 5. The highest BCUT2D eigenvalue weighted by atomic mass is 35.5. The number of anilines is 3. The van der Waals surface area contributed by atoms with E-state index < -0.39 is 0 Å². The van der Waals surface area contributed by atoms with Crippen LogP contribution in [0.25, 0.3) is 10.9 Å². The minimum Gasteiger partial charge on any atom is -0.423 e. The molecule has 1 atom stereocenters. The minimum absolute atomic E-state index is 0.248. The molecule has 6 rings (SSSR count). The van der Waals surface area contributed by atoms with Crippen molar-refractivity contribution in [3.63, 3.8) is 0 Å². The number of ether oxygens (including phenoxy) is 1. The molecule has 1 aromatic carbocycles. The van der Waals surface area contributed by atoms with E-state index >= 15 is 0 Å². The Balaban J connectivity index is 1.31. The molecule has 4 heterocycles. The van der Waals surface area contributed by atoms with Crippen molar-refractivity contribution in [2.24, 2.45) is 0 Å². The minimum atomic E-state index is 0.248. The topological polar surface area (TPSA) is 98.0 Å². The van der Waals surface area contributed by atoms with Crippen LogP contribution in [0.15, 0.2) is 30.3 Å². The highest BCUT2D eigenvalue weighted by Crippen LogP contribution is 2.40. The average molecular weight is 521 g/mol. The van der Waals surface area contributed by atoms with Crippen molar-refractivity contribution in [3.05, 3.63) is 46.7 Å². The largest absolute Gasteiger partial charge is 0.423 e. The molecule has 0 spiro atoms. The van der Waals surface area contributed by atoms with Crippen molar-refractivity contribution in [1.82, 2.24) is 30.0 Å². The zero-order chi connectivity index (χ0) is 25.5. The van der Waals surface area contributed by atoms with Gasteiger partial charge in [0.2, 0.25) is 0 Å². The summed E-state index contributed by atoms with van der Waals surface area (Å²) in [6, 6.07) is 10.6. The van der Waals surface area contributed by atoms with Crippen LogP contribution in [0.5, 0.6) is 11.8 Å². The predicted octanol–water partition coefficient (Wildman–Crippen LogP) is 5.98. The fourth-order valence-corrected chi connectivity index (χ4v) is 5.53. The second-order valence-electron chi connectivity index (χ2n) is 10.0. The Morgan fingerprint density at radius 2 is 1.95 bits per heavy atom. The Morgan fingerprint density at radius 1 is 1.11 bits per heavy atom. The molecule has 4 aromatic rings. The van der Waals surface area contributed by atoms with Gasteiger partial charge in [0, 0.05) is 59.5 Å². The van der Waals surface area contributed by atoms with Crippen molar-refractivity contribution in [3.8, 4) is 11.8 Å². The molecule has 1 saturated carbocycles. The van der Waals surface area contributed by atoms with Crippen LogP contribution in [0.2, 0.25) is 5.02 Å². The van der Waals surface area contributed by atoms with E-state index in [1.54, 1.807) is 0 Å². The van der Waals surface area contributed by atoms with E-state index in [4.69, 9.17) is 21.3 Å². The van der Waals surface area contributed by atoms with E-state index in [9.17, 15) is 0 Å². The number of benzene rings is 1. The van der Waals surface area contributed by atoms with Crippen molar-refractivity contribution >= 4 is 40.0 Å². The zero-order valence-electron chi connectivity index (χ0n) is 21.5. The molecule has 3 N–H and O–H groups in total. The lowest BCUT2D eigenvalue weighted by atomic mass is 10.2. The van der Waals surface area contributed by atoms with Gasteiger partial charge < -0.3 is 19.9 Å². The quantitative estimate of drug-likeness (QED) is 0.250. The normalized spacial score (nSPS) is 17.8. The van der Waals surface area contributed by atoms with Crippen molar-refractivity contribution in [2.75, 3.05) is 36.4 Å². The van der Waals surface area contributed by atoms with Crippen molar-refractivity contribution in [1.29, 1.82) is 0 Å². The number of aryl methyl sites for hydroxylation is 1. The summed E-state index contributed by atoms with van der Waals surface area (Å²) >= 11 is 6.72. The average Bonchev–Trinajstić information content (AvgIpc) is 3.25. The Morgan fingerprint density at radius 3 is 2.73 bits per heavy atom. The molecule has 1 aliphatic carbocycles. The summed E-state index contributed by atoms with van der Waals surface area (Å²) in [5, 5.41) is 12.4.